The lowest BCUT2D eigenvalue weighted by Gasteiger charge is -2.30. The van der Waals surface area contributed by atoms with E-state index in [-0.39, 0.29) is 18.0 Å². The van der Waals surface area contributed by atoms with Crippen LogP contribution < -0.4 is 4.74 Å². The maximum absolute atomic E-state index is 12.1. The molecule has 6 nitrogen and oxygen atoms in total. The van der Waals surface area contributed by atoms with Gasteiger partial charge in [-0.05, 0) is 56.2 Å². The Balaban J connectivity index is 2.32. The van der Waals surface area contributed by atoms with E-state index in [1.807, 2.05) is 39.8 Å². The summed E-state index contributed by atoms with van der Waals surface area (Å²) in [6.07, 6.45) is 2.59. The molecule has 2 unspecified atom stereocenters. The fraction of sp³-hybridized carbons (Fsp3) is 0.615. The summed E-state index contributed by atoms with van der Waals surface area (Å²) >= 11 is 0. The Morgan fingerprint density at radius 1 is 1.19 bits per heavy atom. The second-order valence-electron chi connectivity index (χ2n) is 9.51. The predicted octanol–water partition coefficient (Wildman–Crippen LogP) is 5.54. The summed E-state index contributed by atoms with van der Waals surface area (Å²) in [5.41, 5.74) is 2.00. The summed E-state index contributed by atoms with van der Waals surface area (Å²) < 4.78 is 17.0. The highest BCUT2D eigenvalue weighted by atomic mass is 16.5. The number of nitrogens with zero attached hydrogens (tertiary/aromatic N) is 1. The number of ether oxygens (including phenoxy) is 2. The van der Waals surface area contributed by atoms with Crippen LogP contribution in [0.4, 0.5) is 0 Å². The molecule has 6 heteroatoms. The number of hydrogen-bond donors (Lipinski definition) is 1. The molecule has 178 valence electrons. The van der Waals surface area contributed by atoms with Gasteiger partial charge in [0, 0.05) is 0 Å². The van der Waals surface area contributed by atoms with Gasteiger partial charge >= 0.3 is 5.97 Å². The first kappa shape index (κ1) is 25.9. The van der Waals surface area contributed by atoms with E-state index in [1.165, 1.54) is 0 Å². The summed E-state index contributed by atoms with van der Waals surface area (Å²) in [6.45, 7) is 16.3. The topological polar surface area (TPSA) is 81.8 Å². The highest BCUT2D eigenvalue weighted by Crippen LogP contribution is 2.40. The summed E-state index contributed by atoms with van der Waals surface area (Å²) in [5.74, 6) is 0.568. The van der Waals surface area contributed by atoms with Crippen molar-refractivity contribution in [2.45, 2.75) is 85.7 Å². The highest BCUT2D eigenvalue weighted by Gasteiger charge is 2.37. The van der Waals surface area contributed by atoms with Gasteiger partial charge in [0.05, 0.1) is 29.7 Å². The molecule has 0 saturated carbocycles. The van der Waals surface area contributed by atoms with Gasteiger partial charge in [0.15, 0.2) is 0 Å². The van der Waals surface area contributed by atoms with E-state index in [2.05, 4.69) is 19.9 Å². The van der Waals surface area contributed by atoms with Crippen molar-refractivity contribution in [3.63, 3.8) is 0 Å². The lowest BCUT2D eigenvalue weighted by Crippen LogP contribution is -2.32. The zero-order valence-corrected chi connectivity index (χ0v) is 20.8. The third-order valence-corrected chi connectivity index (χ3v) is 6.35. The first-order valence-corrected chi connectivity index (χ1v) is 11.5. The second-order valence-corrected chi connectivity index (χ2v) is 9.51. The summed E-state index contributed by atoms with van der Waals surface area (Å²) in [5, 5.41) is 10.3. The van der Waals surface area contributed by atoms with Gasteiger partial charge in [-0.15, -0.1) is 0 Å². The fourth-order valence-electron chi connectivity index (χ4n) is 3.70. The van der Waals surface area contributed by atoms with Crippen molar-refractivity contribution >= 4 is 5.97 Å². The average molecular weight is 446 g/mol. The van der Waals surface area contributed by atoms with Gasteiger partial charge in [0.25, 0.3) is 0 Å². The van der Waals surface area contributed by atoms with E-state index in [9.17, 15) is 9.90 Å². The molecule has 0 bridgehead atoms. The molecule has 2 aromatic rings. The molecule has 0 radical (unpaired) electrons. The number of aromatic nitrogens is 1. The molecule has 2 rings (SSSR count). The molecule has 0 spiro atoms. The number of hydrogen-bond acceptors (Lipinski definition) is 6. The SMILES string of the molecule is CCOC(=O)C(C)c1coc(C(CC)(CC)c2ccc(OCC(O)C(C)(C)C)c(C)c2)n1. The minimum Gasteiger partial charge on any atom is -0.491 e. The number of carbonyl (C=O) groups excluding carboxylic acids is 1. The van der Waals surface area contributed by atoms with Crippen molar-refractivity contribution < 1.29 is 23.8 Å². The summed E-state index contributed by atoms with van der Waals surface area (Å²) in [4.78, 5) is 16.8. The van der Waals surface area contributed by atoms with Crippen LogP contribution in [0.5, 0.6) is 5.75 Å². The smallest absolute Gasteiger partial charge is 0.314 e. The van der Waals surface area contributed by atoms with Gasteiger partial charge < -0.3 is 19.0 Å². The molecule has 0 saturated heterocycles. The van der Waals surface area contributed by atoms with Gasteiger partial charge in [-0.2, -0.15) is 0 Å². The monoisotopic (exact) mass is 445 g/mol. The van der Waals surface area contributed by atoms with E-state index in [0.29, 0.717) is 18.2 Å². The first-order valence-electron chi connectivity index (χ1n) is 11.5. The standard InChI is InChI=1S/C26H39NO5/c1-9-26(10-2,24-27-20(15-32-24)18(5)23(29)30-11-3)19-12-13-21(17(4)14-19)31-16-22(28)25(6,7)8/h12-15,18,22,28H,9-11,16H2,1-8H3. The largest absolute Gasteiger partial charge is 0.491 e. The molecule has 0 aliphatic carbocycles. The molecule has 1 aromatic heterocycles. The van der Waals surface area contributed by atoms with Crippen LogP contribution in [0.2, 0.25) is 0 Å². The van der Waals surface area contributed by atoms with Crippen LogP contribution in [0.15, 0.2) is 28.9 Å². The fourth-order valence-corrected chi connectivity index (χ4v) is 3.70. The van der Waals surface area contributed by atoms with Crippen molar-refractivity contribution in [3.05, 3.63) is 47.2 Å². The Labute approximate surface area is 192 Å². The Bertz CT molecular complexity index is 892. The van der Waals surface area contributed by atoms with Crippen molar-refractivity contribution in [2.75, 3.05) is 13.2 Å². The second kappa shape index (κ2) is 10.5. The molecule has 32 heavy (non-hydrogen) atoms. The minimum absolute atomic E-state index is 0.239. The number of oxazole rings is 1. The van der Waals surface area contributed by atoms with Crippen LogP contribution in [0.25, 0.3) is 0 Å². The molecular formula is C26H39NO5. The van der Waals surface area contributed by atoms with Crippen LogP contribution in [0, 0.1) is 12.3 Å². The minimum atomic E-state index is -0.556. The van der Waals surface area contributed by atoms with Crippen molar-refractivity contribution in [1.82, 2.24) is 4.98 Å². The molecule has 1 N–H and O–H groups in total. The van der Waals surface area contributed by atoms with E-state index in [0.717, 1.165) is 29.7 Å². The van der Waals surface area contributed by atoms with Gasteiger partial charge in [-0.1, -0.05) is 46.8 Å². The van der Waals surface area contributed by atoms with Gasteiger partial charge in [0.2, 0.25) is 5.89 Å². The molecule has 0 aliphatic rings. The average Bonchev–Trinajstić information content (AvgIpc) is 3.23. The number of benzene rings is 1. The molecule has 1 aromatic carbocycles. The van der Waals surface area contributed by atoms with Crippen LogP contribution >= 0.6 is 0 Å². The molecule has 0 amide bonds. The maximum Gasteiger partial charge on any atom is 0.314 e. The van der Waals surface area contributed by atoms with Gasteiger partial charge in [0.1, 0.15) is 18.6 Å². The summed E-state index contributed by atoms with van der Waals surface area (Å²) in [7, 11) is 0. The molecule has 0 aliphatic heterocycles. The van der Waals surface area contributed by atoms with E-state index in [1.54, 1.807) is 20.1 Å². The Hall–Kier alpha value is -2.34. The zero-order valence-electron chi connectivity index (χ0n) is 20.8. The zero-order chi connectivity index (χ0) is 24.1. The van der Waals surface area contributed by atoms with E-state index >= 15 is 0 Å². The number of aliphatic hydroxyl groups is 1. The Morgan fingerprint density at radius 3 is 2.38 bits per heavy atom. The van der Waals surface area contributed by atoms with Gasteiger partial charge in [-0.25, -0.2) is 4.98 Å². The number of rotatable bonds is 10. The maximum atomic E-state index is 12.1. The van der Waals surface area contributed by atoms with Crippen molar-refractivity contribution in [3.8, 4) is 5.75 Å². The molecule has 1 heterocycles. The van der Waals surface area contributed by atoms with Crippen LogP contribution in [0.3, 0.4) is 0 Å². The van der Waals surface area contributed by atoms with Crippen LogP contribution in [-0.2, 0) is 14.9 Å². The van der Waals surface area contributed by atoms with Crippen LogP contribution in [-0.4, -0.2) is 35.4 Å². The quantitative estimate of drug-likeness (QED) is 0.484. The van der Waals surface area contributed by atoms with Gasteiger partial charge in [-0.3, -0.25) is 4.79 Å². The normalized spacial score (nSPS) is 14.2. The lowest BCUT2D eigenvalue weighted by atomic mass is 9.75. The number of aliphatic hydroxyl groups excluding tert-OH is 1. The predicted molar refractivity (Wildman–Crippen MR) is 125 cm³/mol. The Kier molecular flexibility index (Phi) is 8.52. The molecule has 0 fully saturated rings. The Morgan fingerprint density at radius 2 is 1.84 bits per heavy atom. The number of esters is 1. The number of carbonyl (C=O) groups is 1. The summed E-state index contributed by atoms with van der Waals surface area (Å²) in [6, 6.07) is 6.09. The number of aryl methyl sites for hydroxylation is 1. The van der Waals surface area contributed by atoms with Crippen LogP contribution in [0.1, 0.15) is 89.9 Å². The highest BCUT2D eigenvalue weighted by molar-refractivity contribution is 5.76. The third-order valence-electron chi connectivity index (χ3n) is 6.35. The van der Waals surface area contributed by atoms with Crippen molar-refractivity contribution in [1.29, 1.82) is 0 Å². The molecular weight excluding hydrogens is 406 g/mol. The molecule has 2 atom stereocenters. The van der Waals surface area contributed by atoms with Crippen molar-refractivity contribution in [2.24, 2.45) is 5.41 Å². The van der Waals surface area contributed by atoms with E-state index in [4.69, 9.17) is 18.9 Å². The lowest BCUT2D eigenvalue weighted by molar-refractivity contribution is -0.144. The third kappa shape index (κ3) is 5.52. The van der Waals surface area contributed by atoms with E-state index < -0.39 is 17.4 Å². The first-order chi connectivity index (χ1) is 15.0.